The zero-order chi connectivity index (χ0) is 19.2. The lowest BCUT2D eigenvalue weighted by molar-refractivity contribution is 0.174. The lowest BCUT2D eigenvalue weighted by atomic mass is 9.93. The fourth-order valence-corrected chi connectivity index (χ4v) is 3.79. The van der Waals surface area contributed by atoms with Gasteiger partial charge in [-0.25, -0.2) is 9.48 Å². The summed E-state index contributed by atoms with van der Waals surface area (Å²) in [7, 11) is 1.72. The average molecular weight is 374 g/mol. The van der Waals surface area contributed by atoms with E-state index in [9.17, 15) is 4.79 Å². The van der Waals surface area contributed by atoms with E-state index in [-0.39, 0.29) is 12.3 Å². The number of benzene rings is 1. The Hall–Kier alpha value is -2.12. The predicted molar refractivity (Wildman–Crippen MR) is 104 cm³/mol. The molecule has 3 rings (SSSR count). The van der Waals surface area contributed by atoms with Crippen LogP contribution in [0.2, 0.25) is 0 Å². The summed E-state index contributed by atoms with van der Waals surface area (Å²) < 4.78 is 8.72. The van der Waals surface area contributed by atoms with Gasteiger partial charge in [0, 0.05) is 26.6 Å². The smallest absolute Gasteiger partial charge is 0.345 e. The molecular formula is C20H30N4O3. The van der Waals surface area contributed by atoms with Crippen molar-refractivity contribution in [1.82, 2.24) is 19.2 Å². The maximum atomic E-state index is 12.0. The van der Waals surface area contributed by atoms with Crippen LogP contribution in [0.3, 0.4) is 0 Å². The van der Waals surface area contributed by atoms with Crippen molar-refractivity contribution >= 4 is 0 Å². The number of ether oxygens (including phenoxy) is 1. The fourth-order valence-electron chi connectivity index (χ4n) is 3.79. The summed E-state index contributed by atoms with van der Waals surface area (Å²) >= 11 is 0. The van der Waals surface area contributed by atoms with Crippen molar-refractivity contribution in [1.29, 1.82) is 0 Å². The molecule has 0 radical (unpaired) electrons. The Labute approximate surface area is 160 Å². The van der Waals surface area contributed by atoms with Crippen LogP contribution in [-0.4, -0.2) is 50.7 Å². The molecule has 0 spiro atoms. The van der Waals surface area contributed by atoms with Crippen LogP contribution < -0.4 is 10.4 Å². The first-order chi connectivity index (χ1) is 13.1. The standard InChI is InChI=1S/C20H30N4O3/c1-3-24-19(21-22(2)20(24)26)14-16-7-9-23(10-8-16)15-17-5-4-6-18(13-17)27-12-11-25/h4-6,13,16,25H,3,7-12,14-15H2,1-2H3. The van der Waals surface area contributed by atoms with E-state index in [0.29, 0.717) is 19.1 Å². The third kappa shape index (κ3) is 4.99. The van der Waals surface area contributed by atoms with E-state index in [0.717, 1.165) is 50.5 Å². The molecule has 7 heteroatoms. The van der Waals surface area contributed by atoms with E-state index in [1.807, 2.05) is 19.1 Å². The average Bonchev–Trinajstić information content (AvgIpc) is 2.95. The number of rotatable bonds is 8. The Kier molecular flexibility index (Phi) is 6.68. The van der Waals surface area contributed by atoms with E-state index in [1.165, 1.54) is 10.2 Å². The Morgan fingerprint density at radius 2 is 2.07 bits per heavy atom. The largest absolute Gasteiger partial charge is 0.491 e. The molecule has 1 aliphatic heterocycles. The third-order valence-corrected chi connectivity index (χ3v) is 5.24. The van der Waals surface area contributed by atoms with Gasteiger partial charge in [0.2, 0.25) is 0 Å². The first kappa shape index (κ1) is 19.6. The highest BCUT2D eigenvalue weighted by Gasteiger charge is 2.22. The predicted octanol–water partition coefficient (Wildman–Crippen LogP) is 1.43. The Balaban J connectivity index is 1.52. The van der Waals surface area contributed by atoms with Crippen molar-refractivity contribution in [2.45, 2.75) is 39.3 Å². The lowest BCUT2D eigenvalue weighted by Crippen LogP contribution is -2.34. The monoisotopic (exact) mass is 374 g/mol. The quantitative estimate of drug-likeness (QED) is 0.757. The molecule has 0 amide bonds. The van der Waals surface area contributed by atoms with E-state index < -0.39 is 0 Å². The molecule has 1 saturated heterocycles. The second-order valence-electron chi connectivity index (χ2n) is 7.21. The van der Waals surface area contributed by atoms with E-state index >= 15 is 0 Å². The Morgan fingerprint density at radius 1 is 1.30 bits per heavy atom. The first-order valence-corrected chi connectivity index (χ1v) is 9.78. The number of hydrogen-bond acceptors (Lipinski definition) is 5. The second kappa shape index (κ2) is 9.19. The van der Waals surface area contributed by atoms with Crippen molar-refractivity contribution in [3.05, 3.63) is 46.1 Å². The van der Waals surface area contributed by atoms with Gasteiger partial charge in [-0.15, -0.1) is 0 Å². The van der Waals surface area contributed by atoms with Crippen molar-refractivity contribution < 1.29 is 9.84 Å². The van der Waals surface area contributed by atoms with Gasteiger partial charge in [0.25, 0.3) is 0 Å². The van der Waals surface area contributed by atoms with Gasteiger partial charge in [0.15, 0.2) is 0 Å². The molecular weight excluding hydrogens is 344 g/mol. The minimum atomic E-state index is -0.0202. The molecule has 27 heavy (non-hydrogen) atoms. The van der Waals surface area contributed by atoms with Gasteiger partial charge in [0.1, 0.15) is 18.2 Å². The molecule has 0 aliphatic carbocycles. The number of aromatic nitrogens is 3. The number of aliphatic hydroxyl groups is 1. The van der Waals surface area contributed by atoms with Crippen LogP contribution in [0.5, 0.6) is 5.75 Å². The minimum Gasteiger partial charge on any atom is -0.491 e. The summed E-state index contributed by atoms with van der Waals surface area (Å²) in [5, 5.41) is 13.3. The molecule has 1 aliphatic rings. The normalized spacial score (nSPS) is 16.0. The van der Waals surface area contributed by atoms with E-state index in [2.05, 4.69) is 22.1 Å². The van der Waals surface area contributed by atoms with Crippen LogP contribution in [0.25, 0.3) is 0 Å². The number of aliphatic hydroxyl groups excluding tert-OH is 1. The second-order valence-corrected chi connectivity index (χ2v) is 7.21. The van der Waals surface area contributed by atoms with Crippen LogP contribution in [0.4, 0.5) is 0 Å². The topological polar surface area (TPSA) is 72.5 Å². The van der Waals surface area contributed by atoms with Gasteiger partial charge in [0.05, 0.1) is 6.61 Å². The zero-order valence-electron chi connectivity index (χ0n) is 16.3. The van der Waals surface area contributed by atoms with Crippen molar-refractivity contribution in [2.24, 2.45) is 13.0 Å². The fraction of sp³-hybridized carbons (Fsp3) is 0.600. The van der Waals surface area contributed by atoms with Crippen molar-refractivity contribution in [3.63, 3.8) is 0 Å². The van der Waals surface area contributed by atoms with Crippen LogP contribution in [0.15, 0.2) is 29.1 Å². The van der Waals surface area contributed by atoms with Gasteiger partial charge in [-0.05, 0) is 56.5 Å². The summed E-state index contributed by atoms with van der Waals surface area (Å²) in [6.45, 7) is 6.03. The van der Waals surface area contributed by atoms with Crippen molar-refractivity contribution in [2.75, 3.05) is 26.3 Å². The first-order valence-electron chi connectivity index (χ1n) is 9.78. The van der Waals surface area contributed by atoms with Gasteiger partial charge in [-0.2, -0.15) is 5.10 Å². The van der Waals surface area contributed by atoms with Gasteiger partial charge in [-0.1, -0.05) is 12.1 Å². The van der Waals surface area contributed by atoms with Gasteiger partial charge >= 0.3 is 5.69 Å². The molecule has 0 atom stereocenters. The molecule has 148 valence electrons. The number of hydrogen-bond donors (Lipinski definition) is 1. The highest BCUT2D eigenvalue weighted by Crippen LogP contribution is 2.23. The molecule has 1 aromatic heterocycles. The molecule has 2 aromatic rings. The number of likely N-dealkylation sites (tertiary alicyclic amines) is 1. The van der Waals surface area contributed by atoms with Gasteiger partial charge in [-0.3, -0.25) is 9.47 Å². The maximum absolute atomic E-state index is 12.0. The van der Waals surface area contributed by atoms with Crippen LogP contribution in [0, 0.1) is 5.92 Å². The summed E-state index contributed by atoms with van der Waals surface area (Å²) in [5.74, 6) is 2.30. The molecule has 1 aromatic carbocycles. The summed E-state index contributed by atoms with van der Waals surface area (Å²) in [6.07, 6.45) is 3.12. The van der Waals surface area contributed by atoms with Crippen molar-refractivity contribution in [3.8, 4) is 5.75 Å². The molecule has 1 fully saturated rings. The Bertz CT molecular complexity index is 791. The number of piperidine rings is 1. The molecule has 1 N–H and O–H groups in total. The number of nitrogens with zero attached hydrogens (tertiary/aromatic N) is 4. The minimum absolute atomic E-state index is 0.0202. The molecule has 7 nitrogen and oxygen atoms in total. The summed E-state index contributed by atoms with van der Waals surface area (Å²) in [6, 6.07) is 8.09. The SMILES string of the molecule is CCn1c(CC2CCN(Cc3cccc(OCCO)c3)CC2)nn(C)c1=O. The highest BCUT2D eigenvalue weighted by atomic mass is 16.5. The summed E-state index contributed by atoms with van der Waals surface area (Å²) in [4.78, 5) is 14.5. The van der Waals surface area contributed by atoms with Crippen LogP contribution in [-0.2, 0) is 26.6 Å². The highest BCUT2D eigenvalue weighted by molar-refractivity contribution is 5.28. The Morgan fingerprint density at radius 3 is 2.78 bits per heavy atom. The third-order valence-electron chi connectivity index (χ3n) is 5.24. The molecule has 0 unspecified atom stereocenters. The lowest BCUT2D eigenvalue weighted by Gasteiger charge is -2.31. The number of aryl methyl sites for hydroxylation is 1. The van der Waals surface area contributed by atoms with Gasteiger partial charge < -0.3 is 9.84 Å². The summed E-state index contributed by atoms with van der Waals surface area (Å²) in [5.41, 5.74) is 1.21. The molecule has 2 heterocycles. The molecule has 0 saturated carbocycles. The van der Waals surface area contributed by atoms with E-state index in [4.69, 9.17) is 9.84 Å². The maximum Gasteiger partial charge on any atom is 0.345 e. The molecule has 0 bridgehead atoms. The van der Waals surface area contributed by atoms with Crippen LogP contribution in [0.1, 0.15) is 31.2 Å². The zero-order valence-corrected chi connectivity index (χ0v) is 16.3. The van der Waals surface area contributed by atoms with E-state index in [1.54, 1.807) is 11.6 Å². The van der Waals surface area contributed by atoms with Crippen LogP contribution >= 0.6 is 0 Å².